The molecule has 0 aliphatic carbocycles. The first-order chi connectivity index (χ1) is 8.69. The van der Waals surface area contributed by atoms with E-state index in [1.165, 1.54) is 6.42 Å². The SMILES string of the molecule is CNC1CCCN(CC(=O)N2CCNC(=O)C2)C1. The molecule has 0 aromatic rings. The van der Waals surface area contributed by atoms with Crippen LogP contribution in [0.2, 0.25) is 0 Å². The molecule has 2 rings (SSSR count). The van der Waals surface area contributed by atoms with Gasteiger partial charge in [-0.1, -0.05) is 0 Å². The van der Waals surface area contributed by atoms with Gasteiger partial charge in [-0.2, -0.15) is 0 Å². The summed E-state index contributed by atoms with van der Waals surface area (Å²) in [6, 6.07) is 0.483. The first kappa shape index (κ1) is 13.3. The van der Waals surface area contributed by atoms with Crippen molar-refractivity contribution >= 4 is 11.8 Å². The van der Waals surface area contributed by atoms with Crippen molar-refractivity contribution in [2.45, 2.75) is 18.9 Å². The predicted molar refractivity (Wildman–Crippen MR) is 68.1 cm³/mol. The molecule has 0 radical (unpaired) electrons. The summed E-state index contributed by atoms with van der Waals surface area (Å²) >= 11 is 0. The van der Waals surface area contributed by atoms with Gasteiger partial charge in [-0.15, -0.1) is 0 Å². The Morgan fingerprint density at radius 1 is 1.50 bits per heavy atom. The molecule has 2 aliphatic heterocycles. The topological polar surface area (TPSA) is 64.7 Å². The molecule has 2 saturated heterocycles. The van der Waals surface area contributed by atoms with Crippen LogP contribution in [0.1, 0.15) is 12.8 Å². The normalized spacial score (nSPS) is 25.9. The quantitative estimate of drug-likeness (QED) is 0.652. The fraction of sp³-hybridized carbons (Fsp3) is 0.833. The summed E-state index contributed by atoms with van der Waals surface area (Å²) in [4.78, 5) is 27.2. The lowest BCUT2D eigenvalue weighted by atomic mass is 10.1. The van der Waals surface area contributed by atoms with Gasteiger partial charge in [0.05, 0.1) is 13.1 Å². The van der Waals surface area contributed by atoms with Crippen molar-refractivity contribution < 1.29 is 9.59 Å². The first-order valence-electron chi connectivity index (χ1n) is 6.63. The van der Waals surface area contributed by atoms with E-state index in [1.54, 1.807) is 4.90 Å². The van der Waals surface area contributed by atoms with Crippen molar-refractivity contribution in [2.75, 3.05) is 46.3 Å². The molecule has 0 aromatic carbocycles. The van der Waals surface area contributed by atoms with E-state index < -0.39 is 0 Å². The van der Waals surface area contributed by atoms with Crippen LogP contribution in [0, 0.1) is 0 Å². The number of nitrogens with zero attached hydrogens (tertiary/aromatic N) is 2. The number of rotatable bonds is 3. The number of hydrogen-bond donors (Lipinski definition) is 2. The lowest BCUT2D eigenvalue weighted by Gasteiger charge is -2.34. The number of carbonyl (C=O) groups is 2. The van der Waals surface area contributed by atoms with Crippen LogP contribution in [0.4, 0.5) is 0 Å². The fourth-order valence-corrected chi connectivity index (χ4v) is 2.58. The van der Waals surface area contributed by atoms with Crippen molar-refractivity contribution in [3.63, 3.8) is 0 Å². The number of piperidine rings is 1. The van der Waals surface area contributed by atoms with E-state index in [-0.39, 0.29) is 18.4 Å². The molecule has 0 spiro atoms. The highest BCUT2D eigenvalue weighted by molar-refractivity contribution is 5.86. The van der Waals surface area contributed by atoms with E-state index in [0.717, 1.165) is 19.5 Å². The Morgan fingerprint density at radius 3 is 3.06 bits per heavy atom. The Hall–Kier alpha value is -1.14. The minimum Gasteiger partial charge on any atom is -0.353 e. The second-order valence-electron chi connectivity index (χ2n) is 5.03. The van der Waals surface area contributed by atoms with Gasteiger partial charge < -0.3 is 15.5 Å². The third-order valence-corrected chi connectivity index (χ3v) is 3.66. The summed E-state index contributed by atoms with van der Waals surface area (Å²) in [5.74, 6) is 0.0166. The number of likely N-dealkylation sites (N-methyl/N-ethyl adjacent to an activating group) is 1. The van der Waals surface area contributed by atoms with Crippen molar-refractivity contribution in [3.05, 3.63) is 0 Å². The maximum absolute atomic E-state index is 12.1. The van der Waals surface area contributed by atoms with Gasteiger partial charge in [0.15, 0.2) is 0 Å². The highest BCUT2D eigenvalue weighted by Gasteiger charge is 2.25. The number of likely N-dealkylation sites (tertiary alicyclic amines) is 1. The second kappa shape index (κ2) is 6.15. The average Bonchev–Trinajstić information content (AvgIpc) is 2.39. The monoisotopic (exact) mass is 254 g/mol. The standard InChI is InChI=1S/C12H22N4O2/c1-13-10-3-2-5-15(7-10)9-12(18)16-6-4-14-11(17)8-16/h10,13H,2-9H2,1H3,(H,14,17). The Labute approximate surface area is 108 Å². The second-order valence-corrected chi connectivity index (χ2v) is 5.03. The molecule has 102 valence electrons. The molecule has 18 heavy (non-hydrogen) atoms. The highest BCUT2D eigenvalue weighted by atomic mass is 16.2. The van der Waals surface area contributed by atoms with Gasteiger partial charge in [0, 0.05) is 25.7 Å². The van der Waals surface area contributed by atoms with Gasteiger partial charge >= 0.3 is 0 Å². The van der Waals surface area contributed by atoms with Crippen molar-refractivity contribution in [3.8, 4) is 0 Å². The largest absolute Gasteiger partial charge is 0.353 e. The molecule has 2 amide bonds. The zero-order chi connectivity index (χ0) is 13.0. The van der Waals surface area contributed by atoms with Gasteiger partial charge in [-0.05, 0) is 26.4 Å². The van der Waals surface area contributed by atoms with Gasteiger partial charge in [-0.3, -0.25) is 14.5 Å². The molecule has 0 bridgehead atoms. The Kier molecular flexibility index (Phi) is 4.54. The van der Waals surface area contributed by atoms with Gasteiger partial charge in [0.25, 0.3) is 0 Å². The van der Waals surface area contributed by atoms with Gasteiger partial charge in [-0.25, -0.2) is 0 Å². The number of amides is 2. The molecule has 1 atom stereocenters. The molecular formula is C12H22N4O2. The first-order valence-corrected chi connectivity index (χ1v) is 6.63. The van der Waals surface area contributed by atoms with Crippen LogP contribution < -0.4 is 10.6 Å². The van der Waals surface area contributed by atoms with Crippen LogP contribution in [0.5, 0.6) is 0 Å². The van der Waals surface area contributed by atoms with E-state index in [1.807, 2.05) is 7.05 Å². The van der Waals surface area contributed by atoms with Crippen LogP contribution in [-0.2, 0) is 9.59 Å². The minimum absolute atomic E-state index is 0.0543. The van der Waals surface area contributed by atoms with E-state index in [4.69, 9.17) is 0 Å². The Balaban J connectivity index is 1.81. The average molecular weight is 254 g/mol. The van der Waals surface area contributed by atoms with Crippen molar-refractivity contribution in [1.82, 2.24) is 20.4 Å². The van der Waals surface area contributed by atoms with Crippen LogP contribution in [0.25, 0.3) is 0 Å². The minimum atomic E-state index is -0.0543. The maximum Gasteiger partial charge on any atom is 0.239 e. The summed E-state index contributed by atoms with van der Waals surface area (Å²) in [6.07, 6.45) is 2.30. The Bertz CT molecular complexity index is 321. The molecule has 2 fully saturated rings. The third-order valence-electron chi connectivity index (χ3n) is 3.66. The third kappa shape index (κ3) is 3.43. The number of carbonyl (C=O) groups excluding carboxylic acids is 2. The predicted octanol–water partition coefficient (Wildman–Crippen LogP) is -1.37. The molecule has 2 N–H and O–H groups in total. The van der Waals surface area contributed by atoms with Crippen molar-refractivity contribution in [2.24, 2.45) is 0 Å². The number of nitrogens with one attached hydrogen (secondary N) is 2. The van der Waals surface area contributed by atoms with Crippen LogP contribution in [0.15, 0.2) is 0 Å². The van der Waals surface area contributed by atoms with Gasteiger partial charge in [0.1, 0.15) is 0 Å². The molecule has 0 saturated carbocycles. The zero-order valence-electron chi connectivity index (χ0n) is 10.9. The molecule has 6 nitrogen and oxygen atoms in total. The highest BCUT2D eigenvalue weighted by Crippen LogP contribution is 2.10. The van der Waals surface area contributed by atoms with Crippen LogP contribution in [0.3, 0.4) is 0 Å². The summed E-state index contributed by atoms with van der Waals surface area (Å²) in [6.45, 7) is 3.75. The number of piperazine rings is 1. The summed E-state index contributed by atoms with van der Waals surface area (Å²) in [7, 11) is 1.96. The lowest BCUT2D eigenvalue weighted by molar-refractivity contribution is -0.139. The molecular weight excluding hydrogens is 232 g/mol. The van der Waals surface area contributed by atoms with E-state index >= 15 is 0 Å². The molecule has 6 heteroatoms. The van der Waals surface area contributed by atoms with E-state index in [0.29, 0.717) is 25.7 Å². The zero-order valence-corrected chi connectivity index (χ0v) is 10.9. The summed E-state index contributed by atoms with van der Waals surface area (Å²) in [5, 5.41) is 5.99. The van der Waals surface area contributed by atoms with Gasteiger partial charge in [0.2, 0.25) is 11.8 Å². The molecule has 0 aromatic heterocycles. The lowest BCUT2D eigenvalue weighted by Crippen LogP contribution is -2.54. The summed E-state index contributed by atoms with van der Waals surface area (Å²) < 4.78 is 0. The van der Waals surface area contributed by atoms with E-state index in [2.05, 4.69) is 15.5 Å². The van der Waals surface area contributed by atoms with Crippen LogP contribution in [-0.4, -0.2) is 74.0 Å². The molecule has 1 unspecified atom stereocenters. The smallest absolute Gasteiger partial charge is 0.239 e. The van der Waals surface area contributed by atoms with E-state index in [9.17, 15) is 9.59 Å². The molecule has 2 heterocycles. The number of hydrogen-bond acceptors (Lipinski definition) is 4. The van der Waals surface area contributed by atoms with Crippen molar-refractivity contribution in [1.29, 1.82) is 0 Å². The van der Waals surface area contributed by atoms with Crippen LogP contribution >= 0.6 is 0 Å². The molecule has 2 aliphatic rings. The fourth-order valence-electron chi connectivity index (χ4n) is 2.58. The summed E-state index contributed by atoms with van der Waals surface area (Å²) in [5.41, 5.74) is 0. The Morgan fingerprint density at radius 2 is 2.33 bits per heavy atom. The maximum atomic E-state index is 12.1.